The van der Waals surface area contributed by atoms with Crippen molar-refractivity contribution in [3.8, 4) is 5.75 Å². The molecule has 27 heavy (non-hydrogen) atoms. The van der Waals surface area contributed by atoms with Crippen LogP contribution in [0.15, 0.2) is 47.6 Å². The maximum absolute atomic E-state index is 11.9. The van der Waals surface area contributed by atoms with Crippen LogP contribution in [-0.4, -0.2) is 37.7 Å². The number of nitro groups is 1. The molecule has 0 radical (unpaired) electrons. The highest BCUT2D eigenvalue weighted by Crippen LogP contribution is 2.22. The Morgan fingerprint density at radius 3 is 2.56 bits per heavy atom. The molecule has 8 heteroatoms. The number of non-ortho nitro benzene ring substituents is 1. The Balaban J connectivity index is 1.96. The van der Waals surface area contributed by atoms with Gasteiger partial charge in [0.1, 0.15) is 5.75 Å². The Labute approximate surface area is 157 Å². The summed E-state index contributed by atoms with van der Waals surface area (Å²) in [5.74, 6) is 0.169. The number of anilines is 1. The second-order valence-corrected chi connectivity index (χ2v) is 5.97. The van der Waals surface area contributed by atoms with Crippen LogP contribution in [0.4, 0.5) is 11.4 Å². The van der Waals surface area contributed by atoms with Crippen LogP contribution in [0.3, 0.4) is 0 Å². The van der Waals surface area contributed by atoms with Crippen LogP contribution in [0.2, 0.25) is 0 Å². The number of hydrogen-bond donors (Lipinski definition) is 1. The van der Waals surface area contributed by atoms with E-state index in [-0.39, 0.29) is 12.3 Å². The fraction of sp³-hybridized carbons (Fsp3) is 0.263. The van der Waals surface area contributed by atoms with E-state index in [4.69, 9.17) is 4.74 Å². The zero-order valence-electron chi connectivity index (χ0n) is 15.5. The van der Waals surface area contributed by atoms with E-state index in [9.17, 15) is 14.9 Å². The van der Waals surface area contributed by atoms with Crippen LogP contribution in [0.5, 0.6) is 5.75 Å². The van der Waals surface area contributed by atoms with Gasteiger partial charge in [0.15, 0.2) is 6.61 Å². The molecule has 2 aromatic carbocycles. The Morgan fingerprint density at radius 1 is 1.26 bits per heavy atom. The molecule has 0 atom stereocenters. The molecule has 0 aliphatic rings. The zero-order valence-corrected chi connectivity index (χ0v) is 15.5. The van der Waals surface area contributed by atoms with Crippen molar-refractivity contribution >= 4 is 23.5 Å². The van der Waals surface area contributed by atoms with Crippen molar-refractivity contribution in [3.05, 3.63) is 63.7 Å². The van der Waals surface area contributed by atoms with Gasteiger partial charge in [0.2, 0.25) is 0 Å². The van der Waals surface area contributed by atoms with E-state index in [0.717, 1.165) is 12.1 Å². The molecule has 0 spiro atoms. The van der Waals surface area contributed by atoms with Gasteiger partial charge in [0, 0.05) is 37.5 Å². The number of carbonyl (C=O) groups excluding carboxylic acids is 1. The van der Waals surface area contributed by atoms with Gasteiger partial charge in [0.05, 0.1) is 11.1 Å². The van der Waals surface area contributed by atoms with E-state index in [2.05, 4.69) is 17.5 Å². The minimum absolute atomic E-state index is 0.0489. The van der Waals surface area contributed by atoms with Gasteiger partial charge < -0.3 is 9.64 Å². The first kappa shape index (κ1) is 19.9. The number of nitro benzene ring substituents is 1. The summed E-state index contributed by atoms with van der Waals surface area (Å²) in [5, 5.41) is 14.8. The molecule has 2 aromatic rings. The molecule has 1 N–H and O–H groups in total. The number of rotatable bonds is 8. The van der Waals surface area contributed by atoms with E-state index >= 15 is 0 Å². The van der Waals surface area contributed by atoms with Crippen LogP contribution >= 0.6 is 0 Å². The molecule has 0 saturated heterocycles. The lowest BCUT2D eigenvalue weighted by molar-refractivity contribution is -0.384. The minimum Gasteiger partial charge on any atom is -0.484 e. The van der Waals surface area contributed by atoms with E-state index in [1.807, 2.05) is 38.4 Å². The van der Waals surface area contributed by atoms with Crippen molar-refractivity contribution in [1.82, 2.24) is 5.43 Å². The van der Waals surface area contributed by atoms with Crippen molar-refractivity contribution in [3.63, 3.8) is 0 Å². The summed E-state index contributed by atoms with van der Waals surface area (Å²) in [5.41, 5.74) is 4.75. The summed E-state index contributed by atoms with van der Waals surface area (Å²) in [6.45, 7) is 1.88. The Bertz CT molecular complexity index is 832. The van der Waals surface area contributed by atoms with Gasteiger partial charge >= 0.3 is 0 Å². The molecule has 0 bridgehead atoms. The number of nitrogens with zero attached hydrogens (tertiary/aromatic N) is 3. The summed E-state index contributed by atoms with van der Waals surface area (Å²) in [6, 6.07) is 11.9. The maximum atomic E-state index is 11.9. The molecule has 0 aliphatic heterocycles. The van der Waals surface area contributed by atoms with Gasteiger partial charge in [-0.2, -0.15) is 5.10 Å². The van der Waals surface area contributed by atoms with E-state index in [0.29, 0.717) is 11.3 Å². The van der Waals surface area contributed by atoms with Crippen molar-refractivity contribution in [2.45, 2.75) is 13.3 Å². The third-order valence-electron chi connectivity index (χ3n) is 3.80. The van der Waals surface area contributed by atoms with Crippen molar-refractivity contribution in [2.75, 3.05) is 25.6 Å². The predicted molar refractivity (Wildman–Crippen MR) is 104 cm³/mol. The molecule has 8 nitrogen and oxygen atoms in total. The van der Waals surface area contributed by atoms with Crippen LogP contribution < -0.4 is 15.1 Å². The maximum Gasteiger partial charge on any atom is 0.277 e. The molecule has 0 fully saturated rings. The topological polar surface area (TPSA) is 97.1 Å². The quantitative estimate of drug-likeness (QED) is 0.438. The number of benzene rings is 2. The number of nitrogens with one attached hydrogen (secondary N) is 1. The third kappa shape index (κ3) is 5.81. The average Bonchev–Trinajstić information content (AvgIpc) is 2.66. The zero-order chi connectivity index (χ0) is 19.8. The normalized spacial score (nSPS) is 10.6. The van der Waals surface area contributed by atoms with Crippen molar-refractivity contribution in [2.24, 2.45) is 5.10 Å². The molecule has 1 amide bonds. The SMILES string of the molecule is CCc1ccc(OCC(=O)N/N=C/c2cc([N+](=O)[O-])ccc2N(C)C)cc1. The summed E-state index contributed by atoms with van der Waals surface area (Å²) >= 11 is 0. The molecule has 0 aromatic heterocycles. The van der Waals surface area contributed by atoms with Crippen LogP contribution in [0, 0.1) is 10.1 Å². The summed E-state index contributed by atoms with van der Waals surface area (Å²) in [6.07, 6.45) is 2.30. The second-order valence-electron chi connectivity index (χ2n) is 5.97. The van der Waals surface area contributed by atoms with E-state index in [1.165, 1.54) is 23.9 Å². The summed E-state index contributed by atoms with van der Waals surface area (Å²) < 4.78 is 5.40. The first-order valence-corrected chi connectivity index (χ1v) is 8.40. The van der Waals surface area contributed by atoms with Gasteiger partial charge in [-0.05, 0) is 30.2 Å². The Morgan fingerprint density at radius 2 is 1.96 bits per heavy atom. The fourth-order valence-electron chi connectivity index (χ4n) is 2.34. The molecule has 0 saturated carbocycles. The number of ether oxygens (including phenoxy) is 1. The predicted octanol–water partition coefficient (Wildman–Crippen LogP) is 2.75. The van der Waals surface area contributed by atoms with Crippen LogP contribution in [-0.2, 0) is 11.2 Å². The first-order valence-electron chi connectivity index (χ1n) is 8.40. The lowest BCUT2D eigenvalue weighted by Crippen LogP contribution is -2.24. The lowest BCUT2D eigenvalue weighted by Gasteiger charge is -2.14. The molecule has 142 valence electrons. The highest BCUT2D eigenvalue weighted by Gasteiger charge is 2.11. The van der Waals surface area contributed by atoms with E-state index < -0.39 is 10.8 Å². The van der Waals surface area contributed by atoms with Gasteiger partial charge in [-0.1, -0.05) is 19.1 Å². The summed E-state index contributed by atoms with van der Waals surface area (Å²) in [4.78, 5) is 24.1. The Hall–Kier alpha value is -3.42. The number of aryl methyl sites for hydroxylation is 1. The molecule has 0 unspecified atom stereocenters. The standard InChI is InChI=1S/C19H22N4O4/c1-4-14-5-8-17(9-6-14)27-13-19(24)21-20-12-15-11-16(23(25)26)7-10-18(15)22(2)3/h5-12H,4,13H2,1-3H3,(H,21,24)/b20-12+. The molecule has 0 heterocycles. The number of carbonyl (C=O) groups is 1. The van der Waals surface area contributed by atoms with Crippen molar-refractivity contribution in [1.29, 1.82) is 0 Å². The first-order chi connectivity index (χ1) is 12.9. The van der Waals surface area contributed by atoms with Crippen molar-refractivity contribution < 1.29 is 14.5 Å². The molecule has 0 aliphatic carbocycles. The van der Waals surface area contributed by atoms with Gasteiger partial charge in [-0.3, -0.25) is 14.9 Å². The monoisotopic (exact) mass is 370 g/mol. The van der Waals surface area contributed by atoms with Gasteiger partial charge in [0.25, 0.3) is 11.6 Å². The lowest BCUT2D eigenvalue weighted by atomic mass is 10.1. The van der Waals surface area contributed by atoms with Crippen LogP contribution in [0.25, 0.3) is 0 Å². The minimum atomic E-state index is -0.479. The largest absolute Gasteiger partial charge is 0.484 e. The molecule has 2 rings (SSSR count). The molecular weight excluding hydrogens is 348 g/mol. The highest BCUT2D eigenvalue weighted by atomic mass is 16.6. The van der Waals surface area contributed by atoms with Gasteiger partial charge in [-0.15, -0.1) is 0 Å². The average molecular weight is 370 g/mol. The number of hydrazone groups is 1. The molecular formula is C19H22N4O4. The third-order valence-corrected chi connectivity index (χ3v) is 3.80. The van der Waals surface area contributed by atoms with Crippen LogP contribution in [0.1, 0.15) is 18.1 Å². The Kier molecular flexibility index (Phi) is 6.87. The summed E-state index contributed by atoms with van der Waals surface area (Å²) in [7, 11) is 3.63. The number of amides is 1. The van der Waals surface area contributed by atoms with Gasteiger partial charge in [-0.25, -0.2) is 5.43 Å². The number of hydrogen-bond acceptors (Lipinski definition) is 6. The highest BCUT2D eigenvalue weighted by molar-refractivity contribution is 5.90. The van der Waals surface area contributed by atoms with E-state index in [1.54, 1.807) is 11.0 Å². The second kappa shape index (κ2) is 9.33. The smallest absolute Gasteiger partial charge is 0.277 e. The fourth-order valence-corrected chi connectivity index (χ4v) is 2.34.